The van der Waals surface area contributed by atoms with Gasteiger partial charge in [0.05, 0.1) is 23.8 Å². The quantitative estimate of drug-likeness (QED) is 0.423. The summed E-state index contributed by atoms with van der Waals surface area (Å²) in [6, 6.07) is 9.47. The number of aromatic nitrogens is 4. The summed E-state index contributed by atoms with van der Waals surface area (Å²) in [5.41, 5.74) is 3.48. The van der Waals surface area contributed by atoms with Gasteiger partial charge in [0.2, 0.25) is 0 Å². The molecule has 1 fully saturated rings. The molecule has 0 unspecified atom stereocenters. The number of imidazole rings is 1. The normalized spacial score (nSPS) is 14.2. The molecule has 4 heterocycles. The second kappa shape index (κ2) is 10.6. The summed E-state index contributed by atoms with van der Waals surface area (Å²) in [5.74, 6) is 7.06. The number of hydrogen-bond donors (Lipinski definition) is 1. The van der Waals surface area contributed by atoms with Crippen LogP contribution in [0.15, 0.2) is 47.5 Å². The van der Waals surface area contributed by atoms with E-state index in [-0.39, 0.29) is 23.7 Å². The Hall–Kier alpha value is -3.96. The van der Waals surface area contributed by atoms with Crippen molar-refractivity contribution in [3.05, 3.63) is 70.0 Å². The summed E-state index contributed by atoms with van der Waals surface area (Å²) in [5, 5.41) is 3.76. The molecule has 0 spiro atoms. The number of benzene rings is 1. The van der Waals surface area contributed by atoms with E-state index in [1.165, 1.54) is 0 Å². The minimum absolute atomic E-state index is 0.132. The molecule has 37 heavy (non-hydrogen) atoms. The van der Waals surface area contributed by atoms with Gasteiger partial charge in [0.1, 0.15) is 16.9 Å². The second-order valence-corrected chi connectivity index (χ2v) is 9.77. The smallest absolute Gasteiger partial charge is 0.263 e. The van der Waals surface area contributed by atoms with E-state index in [1.54, 1.807) is 22.9 Å². The molecular formula is C29H31N5O3. The fourth-order valence-corrected chi connectivity index (χ4v) is 5.03. The van der Waals surface area contributed by atoms with Gasteiger partial charge in [-0.15, -0.1) is 0 Å². The minimum atomic E-state index is -0.415. The van der Waals surface area contributed by atoms with Crippen molar-refractivity contribution in [2.45, 2.75) is 46.2 Å². The Kier molecular flexibility index (Phi) is 7.06. The predicted octanol–water partition coefficient (Wildman–Crippen LogP) is 3.84. The van der Waals surface area contributed by atoms with Crippen molar-refractivity contribution in [2.75, 3.05) is 19.8 Å². The summed E-state index contributed by atoms with van der Waals surface area (Å²) < 4.78 is 9.24. The van der Waals surface area contributed by atoms with Gasteiger partial charge in [-0.25, -0.2) is 4.98 Å². The Morgan fingerprint density at radius 2 is 2.03 bits per heavy atom. The maximum atomic E-state index is 12.9. The molecule has 1 N–H and O–H groups in total. The first-order valence-corrected chi connectivity index (χ1v) is 12.7. The molecule has 3 aromatic heterocycles. The SMILES string of the molecule is Cc1nc2cnc3ccc(C#CCNC(=O)c4cccn(CC5CCOCC5)c4=O)cc3c2n1C(C)C. The number of aryl methyl sites for hydroxylation is 1. The second-order valence-electron chi connectivity index (χ2n) is 9.77. The standard InChI is InChI=1S/C29H31N5O3/c1-19(2)34-20(3)32-26-17-31-25-9-8-21(16-24(25)27(26)34)6-4-12-30-28(35)23-7-5-13-33(29(23)36)18-22-10-14-37-15-11-22/h5,7-9,13,16-17,19,22H,10-12,14-15,18H2,1-3H3,(H,30,35). The molecule has 0 saturated carbocycles. The number of pyridine rings is 2. The molecule has 8 heteroatoms. The molecule has 1 saturated heterocycles. The summed E-state index contributed by atoms with van der Waals surface area (Å²) in [6.45, 7) is 8.46. The fourth-order valence-electron chi connectivity index (χ4n) is 5.03. The van der Waals surface area contributed by atoms with Gasteiger partial charge < -0.3 is 19.2 Å². The molecule has 4 aromatic rings. The van der Waals surface area contributed by atoms with E-state index in [0.29, 0.717) is 12.5 Å². The maximum absolute atomic E-state index is 12.9. The zero-order chi connectivity index (χ0) is 25.9. The molecule has 0 bridgehead atoms. The average molecular weight is 498 g/mol. The minimum Gasteiger partial charge on any atom is -0.381 e. The van der Waals surface area contributed by atoms with Crippen LogP contribution in [0.25, 0.3) is 21.9 Å². The Bertz CT molecular complexity index is 1580. The van der Waals surface area contributed by atoms with Crippen LogP contribution < -0.4 is 10.9 Å². The van der Waals surface area contributed by atoms with E-state index in [9.17, 15) is 9.59 Å². The Morgan fingerprint density at radius 3 is 2.81 bits per heavy atom. The lowest BCUT2D eigenvalue weighted by Crippen LogP contribution is -2.34. The van der Waals surface area contributed by atoms with Crippen LogP contribution >= 0.6 is 0 Å². The third-order valence-electron chi connectivity index (χ3n) is 6.84. The first-order chi connectivity index (χ1) is 17.9. The zero-order valence-corrected chi connectivity index (χ0v) is 21.5. The van der Waals surface area contributed by atoms with Crippen LogP contribution in [0.4, 0.5) is 0 Å². The van der Waals surface area contributed by atoms with Gasteiger partial charge in [-0.3, -0.25) is 14.6 Å². The van der Waals surface area contributed by atoms with E-state index in [2.05, 4.69) is 45.5 Å². The highest BCUT2D eigenvalue weighted by Gasteiger charge is 2.17. The van der Waals surface area contributed by atoms with Crippen LogP contribution in [-0.4, -0.2) is 44.8 Å². The van der Waals surface area contributed by atoms with E-state index >= 15 is 0 Å². The van der Waals surface area contributed by atoms with E-state index < -0.39 is 5.91 Å². The molecule has 1 aliphatic rings. The van der Waals surface area contributed by atoms with Crippen molar-refractivity contribution in [3.8, 4) is 11.8 Å². The van der Waals surface area contributed by atoms with Crippen molar-refractivity contribution in [1.29, 1.82) is 0 Å². The third-order valence-corrected chi connectivity index (χ3v) is 6.84. The van der Waals surface area contributed by atoms with Crippen molar-refractivity contribution in [2.24, 2.45) is 5.92 Å². The fraction of sp³-hybridized carbons (Fsp3) is 0.379. The lowest BCUT2D eigenvalue weighted by molar-refractivity contribution is 0.0609. The van der Waals surface area contributed by atoms with Crippen LogP contribution in [0, 0.1) is 24.7 Å². The van der Waals surface area contributed by atoms with Gasteiger partial charge in [0, 0.05) is 42.9 Å². The van der Waals surface area contributed by atoms with E-state index in [1.807, 2.05) is 31.3 Å². The molecule has 1 aliphatic heterocycles. The van der Waals surface area contributed by atoms with Gasteiger partial charge in [-0.05, 0) is 69.9 Å². The van der Waals surface area contributed by atoms with Crippen LogP contribution in [0.3, 0.4) is 0 Å². The first kappa shape index (κ1) is 24.7. The number of rotatable bonds is 5. The van der Waals surface area contributed by atoms with Crippen LogP contribution in [-0.2, 0) is 11.3 Å². The number of hydrogen-bond acceptors (Lipinski definition) is 5. The maximum Gasteiger partial charge on any atom is 0.263 e. The molecule has 0 atom stereocenters. The van der Waals surface area contributed by atoms with E-state index in [0.717, 1.165) is 59.4 Å². The lowest BCUT2D eigenvalue weighted by Gasteiger charge is -2.22. The van der Waals surface area contributed by atoms with Gasteiger partial charge in [-0.1, -0.05) is 11.8 Å². The van der Waals surface area contributed by atoms with Gasteiger partial charge in [0.25, 0.3) is 11.5 Å². The molecule has 190 valence electrons. The Balaban J connectivity index is 1.31. The molecule has 1 amide bonds. The van der Waals surface area contributed by atoms with Crippen LogP contribution in [0.1, 0.15) is 54.5 Å². The van der Waals surface area contributed by atoms with Crippen LogP contribution in [0.5, 0.6) is 0 Å². The highest BCUT2D eigenvalue weighted by atomic mass is 16.5. The monoisotopic (exact) mass is 497 g/mol. The molecule has 8 nitrogen and oxygen atoms in total. The molecule has 0 radical (unpaired) electrons. The molecule has 5 rings (SSSR count). The lowest BCUT2D eigenvalue weighted by atomic mass is 10.0. The third kappa shape index (κ3) is 5.13. The summed E-state index contributed by atoms with van der Waals surface area (Å²) >= 11 is 0. The number of amides is 1. The van der Waals surface area contributed by atoms with Crippen molar-refractivity contribution < 1.29 is 9.53 Å². The summed E-state index contributed by atoms with van der Waals surface area (Å²) in [7, 11) is 0. The topological polar surface area (TPSA) is 91.0 Å². The van der Waals surface area contributed by atoms with E-state index in [4.69, 9.17) is 4.74 Å². The van der Waals surface area contributed by atoms with Gasteiger partial charge >= 0.3 is 0 Å². The summed E-state index contributed by atoms with van der Waals surface area (Å²) in [6.07, 6.45) is 5.40. The number of nitrogens with one attached hydrogen (secondary N) is 1. The largest absolute Gasteiger partial charge is 0.381 e. The van der Waals surface area contributed by atoms with Crippen molar-refractivity contribution in [3.63, 3.8) is 0 Å². The number of fused-ring (bicyclic) bond motifs is 3. The predicted molar refractivity (Wildman–Crippen MR) is 144 cm³/mol. The number of ether oxygens (including phenoxy) is 1. The van der Waals surface area contributed by atoms with Crippen molar-refractivity contribution in [1.82, 2.24) is 24.4 Å². The average Bonchev–Trinajstić information content (AvgIpc) is 3.25. The number of carbonyl (C=O) groups is 1. The number of carbonyl (C=O) groups excluding carboxylic acids is 1. The zero-order valence-electron chi connectivity index (χ0n) is 21.5. The molecule has 0 aliphatic carbocycles. The Labute approximate surface area is 215 Å². The van der Waals surface area contributed by atoms with Gasteiger partial charge in [0.15, 0.2) is 0 Å². The summed E-state index contributed by atoms with van der Waals surface area (Å²) in [4.78, 5) is 34.8. The number of nitrogens with zero attached hydrogens (tertiary/aromatic N) is 4. The highest BCUT2D eigenvalue weighted by Crippen LogP contribution is 2.28. The Morgan fingerprint density at radius 1 is 1.22 bits per heavy atom. The molecular weight excluding hydrogens is 466 g/mol. The van der Waals surface area contributed by atoms with Crippen molar-refractivity contribution >= 4 is 27.8 Å². The highest BCUT2D eigenvalue weighted by molar-refractivity contribution is 6.03. The molecule has 1 aromatic carbocycles. The van der Waals surface area contributed by atoms with Gasteiger partial charge in [-0.2, -0.15) is 0 Å². The van der Waals surface area contributed by atoms with Crippen LogP contribution in [0.2, 0.25) is 0 Å². The first-order valence-electron chi connectivity index (χ1n) is 12.7.